The third kappa shape index (κ3) is 1.88. The Morgan fingerprint density at radius 3 is 2.78 bits per heavy atom. The number of hydrogen-bond donors (Lipinski definition) is 0. The molecule has 0 unspecified atom stereocenters. The number of hydrogen-bond acceptors (Lipinski definition) is 2. The second-order valence-electron chi connectivity index (χ2n) is 4.00. The lowest BCUT2D eigenvalue weighted by atomic mass is 10.1. The lowest BCUT2D eigenvalue weighted by molar-refractivity contribution is 0.0766. The van der Waals surface area contributed by atoms with E-state index in [2.05, 4.69) is 5.10 Å². The smallest absolute Gasteiger partial charge is 0.256 e. The first-order valence-electron chi connectivity index (χ1n) is 6.55. The number of benzene rings is 1. The minimum absolute atomic E-state index is 0.118. The molecule has 96 valence electrons. The van der Waals surface area contributed by atoms with Crippen LogP contribution in [0.4, 0.5) is 0 Å². The van der Waals surface area contributed by atoms with Gasteiger partial charge in [0.1, 0.15) is 0 Å². The van der Waals surface area contributed by atoms with Gasteiger partial charge in [0.05, 0.1) is 23.8 Å². The summed E-state index contributed by atoms with van der Waals surface area (Å²) < 4.78 is 1.93. The minimum atomic E-state index is 0.118. The minimum Gasteiger partial charge on any atom is -0.337 e. The van der Waals surface area contributed by atoms with Crippen molar-refractivity contribution in [3.63, 3.8) is 0 Å². The van der Waals surface area contributed by atoms with E-state index in [1.807, 2.05) is 54.7 Å². The number of likely N-dealkylation sites (N-methyl/N-ethyl adjacent to an activating group) is 1. The van der Waals surface area contributed by atoms with Crippen LogP contribution in [0.25, 0.3) is 10.9 Å². The van der Waals surface area contributed by atoms with E-state index in [0.29, 0.717) is 0 Å². The molecule has 18 heavy (non-hydrogen) atoms. The lowest BCUT2D eigenvalue weighted by Gasteiger charge is -2.17. The summed E-state index contributed by atoms with van der Waals surface area (Å²) in [4.78, 5) is 14.1. The summed E-state index contributed by atoms with van der Waals surface area (Å²) in [6.45, 7) is 8.27. The molecular weight excluding hydrogens is 226 g/mol. The third-order valence-electron chi connectivity index (χ3n) is 3.14. The van der Waals surface area contributed by atoms with Crippen molar-refractivity contribution in [2.75, 3.05) is 13.1 Å². The second kappa shape index (κ2) is 5.21. The largest absolute Gasteiger partial charge is 0.337 e. The Morgan fingerprint density at radius 1 is 1.28 bits per heavy atom. The van der Waals surface area contributed by atoms with E-state index >= 15 is 0 Å². The van der Waals surface area contributed by atoms with Crippen molar-refractivity contribution in [3.05, 3.63) is 30.0 Å². The fourth-order valence-corrected chi connectivity index (χ4v) is 2.27. The zero-order valence-corrected chi connectivity index (χ0v) is 11.2. The number of rotatable bonds is 1. The molecule has 0 saturated carbocycles. The molecule has 2 aromatic rings. The number of amides is 1. The van der Waals surface area contributed by atoms with Gasteiger partial charge in [-0.1, -0.05) is 26.0 Å². The molecular formula is C14H19N3O. The summed E-state index contributed by atoms with van der Waals surface area (Å²) in [5.41, 5.74) is 1.75. The van der Waals surface area contributed by atoms with Crippen molar-refractivity contribution < 1.29 is 4.79 Å². The van der Waals surface area contributed by atoms with E-state index < -0.39 is 0 Å². The molecule has 0 N–H and O–H groups in total. The fourth-order valence-electron chi connectivity index (χ4n) is 2.27. The van der Waals surface area contributed by atoms with Crippen molar-refractivity contribution >= 4 is 16.8 Å². The van der Waals surface area contributed by atoms with Crippen LogP contribution in [0.2, 0.25) is 0 Å². The van der Waals surface area contributed by atoms with Gasteiger partial charge in [-0.3, -0.25) is 9.48 Å². The maximum absolute atomic E-state index is 12.2. The molecule has 3 rings (SSSR count). The van der Waals surface area contributed by atoms with Crippen LogP contribution in [0, 0.1) is 0 Å². The molecule has 1 aliphatic rings. The van der Waals surface area contributed by atoms with Crippen LogP contribution in [0.1, 0.15) is 31.1 Å². The molecule has 0 aliphatic carbocycles. The highest BCUT2D eigenvalue weighted by molar-refractivity contribution is 6.06. The van der Waals surface area contributed by atoms with Crippen LogP contribution in [0.3, 0.4) is 0 Å². The van der Waals surface area contributed by atoms with Gasteiger partial charge in [-0.2, -0.15) is 5.10 Å². The Kier molecular flexibility index (Phi) is 3.65. The van der Waals surface area contributed by atoms with Gasteiger partial charge in [0.25, 0.3) is 5.91 Å². The molecule has 0 fully saturated rings. The number of carbonyl (C=O) groups is 1. The van der Waals surface area contributed by atoms with E-state index in [0.717, 1.165) is 36.1 Å². The summed E-state index contributed by atoms with van der Waals surface area (Å²) in [5.74, 6) is 0.118. The third-order valence-corrected chi connectivity index (χ3v) is 3.14. The number of aromatic nitrogens is 2. The molecule has 2 heterocycles. The second-order valence-corrected chi connectivity index (χ2v) is 4.00. The van der Waals surface area contributed by atoms with Gasteiger partial charge < -0.3 is 4.90 Å². The standard InChI is InChI=1S/C12H13N3O.C2H6/c1-2-14-6-7-15-11-9(8-13-15)4-3-5-10(11)12(14)16;1-2/h3-5,8H,2,6-7H2,1H3;1-2H3. The summed E-state index contributed by atoms with van der Waals surface area (Å²) >= 11 is 0. The van der Waals surface area contributed by atoms with Gasteiger partial charge >= 0.3 is 0 Å². The van der Waals surface area contributed by atoms with Gasteiger partial charge in [0.2, 0.25) is 0 Å². The molecule has 1 aliphatic heterocycles. The van der Waals surface area contributed by atoms with Gasteiger partial charge in [-0.05, 0) is 13.0 Å². The lowest BCUT2D eigenvalue weighted by Crippen LogP contribution is -2.31. The highest BCUT2D eigenvalue weighted by atomic mass is 16.2. The molecule has 4 nitrogen and oxygen atoms in total. The molecule has 0 atom stereocenters. The monoisotopic (exact) mass is 245 g/mol. The number of nitrogens with zero attached hydrogens (tertiary/aromatic N) is 3. The molecule has 4 heteroatoms. The Morgan fingerprint density at radius 2 is 2.06 bits per heavy atom. The van der Waals surface area contributed by atoms with Crippen molar-refractivity contribution in [1.29, 1.82) is 0 Å². The molecule has 1 aromatic carbocycles. The first kappa shape index (κ1) is 12.6. The molecule has 0 bridgehead atoms. The Bertz CT molecular complexity index is 559. The van der Waals surface area contributed by atoms with E-state index in [1.54, 1.807) is 0 Å². The maximum atomic E-state index is 12.2. The van der Waals surface area contributed by atoms with Crippen molar-refractivity contribution in [3.8, 4) is 0 Å². The van der Waals surface area contributed by atoms with E-state index in [-0.39, 0.29) is 5.91 Å². The first-order valence-corrected chi connectivity index (χ1v) is 6.55. The van der Waals surface area contributed by atoms with E-state index in [4.69, 9.17) is 0 Å². The summed E-state index contributed by atoms with van der Waals surface area (Å²) in [6.07, 6.45) is 1.83. The molecule has 0 spiro atoms. The zero-order chi connectivity index (χ0) is 13.1. The van der Waals surface area contributed by atoms with E-state index in [9.17, 15) is 4.79 Å². The Balaban J connectivity index is 0.000000574. The summed E-state index contributed by atoms with van der Waals surface area (Å²) in [7, 11) is 0. The van der Waals surface area contributed by atoms with Gasteiger partial charge in [0.15, 0.2) is 0 Å². The van der Waals surface area contributed by atoms with Crippen LogP contribution in [0.5, 0.6) is 0 Å². The quantitative estimate of drug-likeness (QED) is 0.774. The van der Waals surface area contributed by atoms with Gasteiger partial charge in [-0.25, -0.2) is 0 Å². The first-order chi connectivity index (χ1) is 8.81. The van der Waals surface area contributed by atoms with E-state index in [1.165, 1.54) is 0 Å². The highest BCUT2D eigenvalue weighted by Crippen LogP contribution is 2.22. The molecule has 1 aromatic heterocycles. The predicted molar refractivity (Wildman–Crippen MR) is 72.7 cm³/mol. The summed E-state index contributed by atoms with van der Waals surface area (Å²) in [6, 6.07) is 5.80. The van der Waals surface area contributed by atoms with Crippen molar-refractivity contribution in [2.24, 2.45) is 0 Å². The van der Waals surface area contributed by atoms with Gasteiger partial charge in [0, 0.05) is 18.5 Å². The maximum Gasteiger partial charge on any atom is 0.256 e. The highest BCUT2D eigenvalue weighted by Gasteiger charge is 2.22. The average molecular weight is 245 g/mol. The SMILES string of the molecule is CC.CCN1CCn2ncc3cccc(c32)C1=O. The predicted octanol–water partition coefficient (Wildman–Crippen LogP) is 2.54. The number of para-hydroxylation sites is 1. The summed E-state index contributed by atoms with van der Waals surface area (Å²) in [5, 5.41) is 5.37. The van der Waals surface area contributed by atoms with Crippen molar-refractivity contribution in [1.82, 2.24) is 14.7 Å². The topological polar surface area (TPSA) is 38.1 Å². The normalized spacial score (nSPS) is 14.2. The molecule has 0 saturated heterocycles. The van der Waals surface area contributed by atoms with Crippen LogP contribution in [0.15, 0.2) is 24.4 Å². The average Bonchev–Trinajstić information content (AvgIpc) is 2.78. The van der Waals surface area contributed by atoms with Crippen LogP contribution < -0.4 is 0 Å². The molecule has 1 amide bonds. The van der Waals surface area contributed by atoms with Gasteiger partial charge in [-0.15, -0.1) is 0 Å². The van der Waals surface area contributed by atoms with Crippen molar-refractivity contribution in [2.45, 2.75) is 27.3 Å². The van der Waals surface area contributed by atoms with Crippen LogP contribution >= 0.6 is 0 Å². The fraction of sp³-hybridized carbons (Fsp3) is 0.429. The Labute approximate surface area is 107 Å². The van der Waals surface area contributed by atoms with Crippen LogP contribution in [-0.2, 0) is 6.54 Å². The van der Waals surface area contributed by atoms with Crippen LogP contribution in [-0.4, -0.2) is 33.7 Å². The number of carbonyl (C=O) groups excluding carboxylic acids is 1. The zero-order valence-electron chi connectivity index (χ0n) is 11.2. The molecule has 0 radical (unpaired) electrons. The Hall–Kier alpha value is -1.84.